The first-order chi connectivity index (χ1) is 9.83. The van der Waals surface area contributed by atoms with E-state index in [1.165, 1.54) is 25.7 Å². The van der Waals surface area contributed by atoms with Gasteiger partial charge in [0.25, 0.3) is 0 Å². The van der Waals surface area contributed by atoms with Crippen molar-refractivity contribution in [3.63, 3.8) is 0 Å². The Bertz CT molecular complexity index is 567. The fourth-order valence-electron chi connectivity index (χ4n) is 3.16. The number of hydrogen-bond acceptors (Lipinski definition) is 3. The van der Waals surface area contributed by atoms with Crippen LogP contribution in [0.1, 0.15) is 38.3 Å². The molecule has 0 bridgehead atoms. The Labute approximate surface area is 120 Å². The molecule has 0 saturated heterocycles. The zero-order chi connectivity index (χ0) is 13.8. The predicted octanol–water partition coefficient (Wildman–Crippen LogP) is 3.55. The van der Waals surface area contributed by atoms with Gasteiger partial charge in [0, 0.05) is 6.54 Å². The molecule has 2 unspecified atom stereocenters. The molecule has 3 heteroatoms. The van der Waals surface area contributed by atoms with Crippen molar-refractivity contribution in [2.75, 3.05) is 6.54 Å². The SMILES string of the molecule is CC1CCCCC1CNCc1cnc2ccccc2n1. The Morgan fingerprint density at radius 1 is 1.15 bits per heavy atom. The maximum Gasteiger partial charge on any atom is 0.0890 e. The largest absolute Gasteiger partial charge is 0.311 e. The number of nitrogens with zero attached hydrogens (tertiary/aromatic N) is 2. The molecule has 3 rings (SSSR count). The molecule has 2 aromatic rings. The van der Waals surface area contributed by atoms with E-state index in [0.717, 1.165) is 41.7 Å². The standard InChI is InChI=1S/C17H23N3/c1-13-6-2-3-7-14(13)10-18-11-15-12-19-16-8-4-5-9-17(16)20-15/h4-5,8-9,12-14,18H,2-3,6-7,10-11H2,1H3. The molecule has 106 valence electrons. The Morgan fingerprint density at radius 2 is 1.95 bits per heavy atom. The maximum absolute atomic E-state index is 4.65. The molecule has 0 amide bonds. The summed E-state index contributed by atoms with van der Waals surface area (Å²) < 4.78 is 0. The topological polar surface area (TPSA) is 37.8 Å². The van der Waals surface area contributed by atoms with Gasteiger partial charge >= 0.3 is 0 Å². The summed E-state index contributed by atoms with van der Waals surface area (Å²) in [6.07, 6.45) is 7.46. The van der Waals surface area contributed by atoms with Crippen LogP contribution in [0.15, 0.2) is 30.5 Å². The van der Waals surface area contributed by atoms with Crippen molar-refractivity contribution >= 4 is 11.0 Å². The summed E-state index contributed by atoms with van der Waals surface area (Å²) in [4.78, 5) is 9.11. The highest BCUT2D eigenvalue weighted by Crippen LogP contribution is 2.28. The highest BCUT2D eigenvalue weighted by molar-refractivity contribution is 5.73. The fraction of sp³-hybridized carbons (Fsp3) is 0.529. The lowest BCUT2D eigenvalue weighted by Crippen LogP contribution is -2.29. The Morgan fingerprint density at radius 3 is 2.80 bits per heavy atom. The summed E-state index contributed by atoms with van der Waals surface area (Å²) >= 11 is 0. The van der Waals surface area contributed by atoms with Gasteiger partial charge in [0.05, 0.1) is 22.9 Å². The van der Waals surface area contributed by atoms with Crippen molar-refractivity contribution in [2.45, 2.75) is 39.2 Å². The van der Waals surface area contributed by atoms with E-state index in [9.17, 15) is 0 Å². The summed E-state index contributed by atoms with van der Waals surface area (Å²) in [5, 5.41) is 3.56. The number of nitrogens with one attached hydrogen (secondary N) is 1. The molecule has 1 fully saturated rings. The quantitative estimate of drug-likeness (QED) is 0.922. The zero-order valence-corrected chi connectivity index (χ0v) is 12.2. The molecule has 2 atom stereocenters. The normalized spacial score (nSPS) is 23.1. The number of aromatic nitrogens is 2. The molecule has 0 radical (unpaired) electrons. The van der Waals surface area contributed by atoms with E-state index in [1.54, 1.807) is 0 Å². The summed E-state index contributed by atoms with van der Waals surface area (Å²) in [5.74, 6) is 1.69. The second-order valence-electron chi connectivity index (χ2n) is 6.00. The number of rotatable bonds is 4. The highest BCUT2D eigenvalue weighted by atomic mass is 14.9. The van der Waals surface area contributed by atoms with Gasteiger partial charge in [0.2, 0.25) is 0 Å². The third kappa shape index (κ3) is 3.15. The molecule has 1 aliphatic rings. The van der Waals surface area contributed by atoms with Crippen LogP contribution in [0.3, 0.4) is 0 Å². The van der Waals surface area contributed by atoms with E-state index in [-0.39, 0.29) is 0 Å². The second kappa shape index (κ2) is 6.31. The van der Waals surface area contributed by atoms with Crippen LogP contribution >= 0.6 is 0 Å². The molecule has 1 aromatic heterocycles. The van der Waals surface area contributed by atoms with Crippen LogP contribution in [-0.2, 0) is 6.54 Å². The second-order valence-corrected chi connectivity index (χ2v) is 6.00. The number of para-hydroxylation sites is 2. The molecule has 3 nitrogen and oxygen atoms in total. The van der Waals surface area contributed by atoms with E-state index >= 15 is 0 Å². The minimum absolute atomic E-state index is 0.820. The first kappa shape index (κ1) is 13.5. The van der Waals surface area contributed by atoms with Gasteiger partial charge in [-0.05, 0) is 36.9 Å². The molecule has 1 heterocycles. The van der Waals surface area contributed by atoms with Crippen LogP contribution in [0.4, 0.5) is 0 Å². The maximum atomic E-state index is 4.65. The predicted molar refractivity (Wildman–Crippen MR) is 82.4 cm³/mol. The third-order valence-corrected chi connectivity index (χ3v) is 4.50. The van der Waals surface area contributed by atoms with Crippen LogP contribution in [-0.4, -0.2) is 16.5 Å². The van der Waals surface area contributed by atoms with E-state index in [1.807, 2.05) is 30.5 Å². The molecular formula is C17H23N3. The smallest absolute Gasteiger partial charge is 0.0890 e. The molecule has 0 spiro atoms. The minimum Gasteiger partial charge on any atom is -0.311 e. The lowest BCUT2D eigenvalue weighted by atomic mass is 9.80. The van der Waals surface area contributed by atoms with E-state index in [4.69, 9.17) is 0 Å². The Hall–Kier alpha value is -1.48. The molecule has 20 heavy (non-hydrogen) atoms. The van der Waals surface area contributed by atoms with Crippen molar-refractivity contribution in [3.05, 3.63) is 36.2 Å². The molecule has 0 aliphatic heterocycles. The average Bonchev–Trinajstić information content (AvgIpc) is 2.49. The monoisotopic (exact) mass is 269 g/mol. The number of hydrogen-bond donors (Lipinski definition) is 1. The molecule has 1 aliphatic carbocycles. The summed E-state index contributed by atoms with van der Waals surface area (Å²) in [6, 6.07) is 8.04. The fourth-order valence-corrected chi connectivity index (χ4v) is 3.16. The van der Waals surface area contributed by atoms with Gasteiger partial charge in [0.1, 0.15) is 0 Å². The van der Waals surface area contributed by atoms with Crippen molar-refractivity contribution in [3.8, 4) is 0 Å². The Kier molecular flexibility index (Phi) is 4.26. The van der Waals surface area contributed by atoms with Crippen LogP contribution in [0.25, 0.3) is 11.0 Å². The van der Waals surface area contributed by atoms with Crippen LogP contribution < -0.4 is 5.32 Å². The van der Waals surface area contributed by atoms with Crippen molar-refractivity contribution < 1.29 is 0 Å². The van der Waals surface area contributed by atoms with Gasteiger partial charge in [-0.2, -0.15) is 0 Å². The van der Waals surface area contributed by atoms with Crippen LogP contribution in [0.5, 0.6) is 0 Å². The number of fused-ring (bicyclic) bond motifs is 1. The van der Waals surface area contributed by atoms with Gasteiger partial charge in [-0.15, -0.1) is 0 Å². The third-order valence-electron chi connectivity index (χ3n) is 4.50. The van der Waals surface area contributed by atoms with E-state index in [0.29, 0.717) is 0 Å². The van der Waals surface area contributed by atoms with Crippen molar-refractivity contribution in [2.24, 2.45) is 11.8 Å². The lowest BCUT2D eigenvalue weighted by Gasteiger charge is -2.28. The summed E-state index contributed by atoms with van der Waals surface area (Å²) in [7, 11) is 0. The summed E-state index contributed by atoms with van der Waals surface area (Å²) in [5.41, 5.74) is 2.99. The first-order valence-corrected chi connectivity index (χ1v) is 7.74. The molecular weight excluding hydrogens is 246 g/mol. The van der Waals surface area contributed by atoms with Crippen LogP contribution in [0, 0.1) is 11.8 Å². The molecule has 1 aromatic carbocycles. The van der Waals surface area contributed by atoms with Gasteiger partial charge in [0.15, 0.2) is 0 Å². The average molecular weight is 269 g/mol. The first-order valence-electron chi connectivity index (χ1n) is 7.74. The minimum atomic E-state index is 0.820. The number of benzene rings is 1. The summed E-state index contributed by atoms with van der Waals surface area (Å²) in [6.45, 7) is 4.32. The van der Waals surface area contributed by atoms with Gasteiger partial charge < -0.3 is 5.32 Å². The van der Waals surface area contributed by atoms with Gasteiger partial charge in [-0.3, -0.25) is 4.98 Å². The zero-order valence-electron chi connectivity index (χ0n) is 12.2. The molecule has 1 N–H and O–H groups in total. The van der Waals surface area contributed by atoms with Crippen molar-refractivity contribution in [1.82, 2.24) is 15.3 Å². The molecule has 1 saturated carbocycles. The van der Waals surface area contributed by atoms with Crippen molar-refractivity contribution in [1.29, 1.82) is 0 Å². The lowest BCUT2D eigenvalue weighted by molar-refractivity contribution is 0.247. The van der Waals surface area contributed by atoms with E-state index < -0.39 is 0 Å². The highest BCUT2D eigenvalue weighted by Gasteiger charge is 2.20. The van der Waals surface area contributed by atoms with Gasteiger partial charge in [-0.1, -0.05) is 38.3 Å². The van der Waals surface area contributed by atoms with Gasteiger partial charge in [-0.25, -0.2) is 4.98 Å². The Balaban J connectivity index is 1.56. The van der Waals surface area contributed by atoms with Crippen LogP contribution in [0.2, 0.25) is 0 Å². The van der Waals surface area contributed by atoms with E-state index in [2.05, 4.69) is 22.2 Å².